The molecule has 1 aromatic heterocycles. The predicted octanol–water partition coefficient (Wildman–Crippen LogP) is 5.99. The second kappa shape index (κ2) is 7.14. The summed E-state index contributed by atoms with van der Waals surface area (Å²) < 4.78 is 2.57. The number of hydrogen-bond acceptors (Lipinski definition) is 2. The van der Waals surface area contributed by atoms with Gasteiger partial charge in [-0.2, -0.15) is 0 Å². The van der Waals surface area contributed by atoms with Crippen LogP contribution in [0.1, 0.15) is 54.7 Å². The highest BCUT2D eigenvalue weighted by molar-refractivity contribution is 5.94. The molecule has 0 N–H and O–H groups in total. The van der Waals surface area contributed by atoms with Crippen LogP contribution in [0.25, 0.3) is 22.2 Å². The van der Waals surface area contributed by atoms with Gasteiger partial charge in [0.2, 0.25) is 0 Å². The molecule has 2 aromatic carbocycles. The molecule has 3 heteroatoms. The van der Waals surface area contributed by atoms with Gasteiger partial charge in [0.15, 0.2) is 0 Å². The number of aromatic nitrogens is 1. The van der Waals surface area contributed by atoms with Crippen molar-refractivity contribution in [3.63, 3.8) is 0 Å². The first-order valence-corrected chi connectivity index (χ1v) is 10.3. The zero-order valence-corrected chi connectivity index (χ0v) is 16.0. The van der Waals surface area contributed by atoms with Gasteiger partial charge in [-0.3, -0.25) is 0 Å². The fraction of sp³-hybridized carbons (Fsp3) is 0.417. The molecule has 3 aromatic rings. The molecule has 1 aliphatic heterocycles. The molecule has 0 radical (unpaired) electrons. The van der Waals surface area contributed by atoms with Gasteiger partial charge in [0.05, 0.1) is 12.8 Å². The van der Waals surface area contributed by atoms with Gasteiger partial charge in [-0.15, -0.1) is 0 Å². The minimum Gasteiger partial charge on any atom is -0.340 e. The van der Waals surface area contributed by atoms with E-state index in [1.165, 1.54) is 65.4 Å². The Balaban J connectivity index is 1.73. The van der Waals surface area contributed by atoms with Crippen molar-refractivity contribution in [3.05, 3.63) is 59.2 Å². The van der Waals surface area contributed by atoms with Crippen LogP contribution in [0.2, 0.25) is 0 Å². The van der Waals surface area contributed by atoms with Gasteiger partial charge in [-0.05, 0) is 47.9 Å². The van der Waals surface area contributed by atoms with E-state index in [-0.39, 0.29) is 0 Å². The van der Waals surface area contributed by atoms with Gasteiger partial charge in [0, 0.05) is 23.0 Å². The maximum atomic E-state index is 5.18. The van der Waals surface area contributed by atoms with Gasteiger partial charge in [0.1, 0.15) is 6.61 Å². The van der Waals surface area contributed by atoms with Crippen LogP contribution in [0.4, 0.5) is 0 Å². The Morgan fingerprint density at radius 1 is 1.04 bits per heavy atom. The highest BCUT2D eigenvalue weighted by Gasteiger charge is 2.29. The van der Waals surface area contributed by atoms with Crippen molar-refractivity contribution in [3.8, 4) is 11.3 Å². The smallest absolute Gasteiger partial charge is 0.107 e. The standard InChI is InChI=1S/C24H27NO2/c1-26-27-16-17-11-12-21-22(15-17)25-14-13-18-7-5-6-10-20(18)24(25)23(21)19-8-3-2-4-9-19/h5-7,10-12,15,19H,2-4,8-9,13-14,16H2,1H3. The number of fused-ring (bicyclic) bond motifs is 5. The van der Waals surface area contributed by atoms with E-state index in [9.17, 15) is 0 Å². The summed E-state index contributed by atoms with van der Waals surface area (Å²) in [7, 11) is 1.57. The van der Waals surface area contributed by atoms with Gasteiger partial charge in [-0.25, -0.2) is 9.78 Å². The molecule has 1 saturated carbocycles. The normalized spacial score (nSPS) is 17.1. The number of benzene rings is 2. The zero-order valence-electron chi connectivity index (χ0n) is 16.0. The lowest BCUT2D eigenvalue weighted by Crippen LogP contribution is -2.13. The van der Waals surface area contributed by atoms with E-state index in [0.717, 1.165) is 13.0 Å². The van der Waals surface area contributed by atoms with Gasteiger partial charge in [0.25, 0.3) is 0 Å². The maximum Gasteiger partial charge on any atom is 0.107 e. The number of rotatable bonds is 4. The van der Waals surface area contributed by atoms with Crippen molar-refractivity contribution in [2.24, 2.45) is 0 Å². The van der Waals surface area contributed by atoms with E-state index >= 15 is 0 Å². The van der Waals surface area contributed by atoms with E-state index in [0.29, 0.717) is 12.5 Å². The van der Waals surface area contributed by atoms with E-state index in [2.05, 4.69) is 47.0 Å². The fourth-order valence-corrected chi connectivity index (χ4v) is 5.17. The molecular formula is C24H27NO2. The lowest BCUT2D eigenvalue weighted by atomic mass is 9.81. The first-order chi connectivity index (χ1) is 13.4. The molecular weight excluding hydrogens is 334 g/mol. The minimum atomic E-state index is 0.488. The summed E-state index contributed by atoms with van der Waals surface area (Å²) in [6, 6.07) is 15.8. The van der Waals surface area contributed by atoms with Crippen molar-refractivity contribution in [2.75, 3.05) is 7.11 Å². The highest BCUT2D eigenvalue weighted by Crippen LogP contribution is 2.46. The molecule has 5 rings (SSSR count). The van der Waals surface area contributed by atoms with Crippen molar-refractivity contribution in [1.29, 1.82) is 0 Å². The van der Waals surface area contributed by atoms with Crippen LogP contribution in [0, 0.1) is 0 Å². The number of hydrogen-bond donors (Lipinski definition) is 0. The predicted molar refractivity (Wildman–Crippen MR) is 109 cm³/mol. The summed E-state index contributed by atoms with van der Waals surface area (Å²) in [6.07, 6.45) is 7.86. The highest BCUT2D eigenvalue weighted by atomic mass is 17.2. The van der Waals surface area contributed by atoms with Gasteiger partial charge in [-0.1, -0.05) is 55.7 Å². The monoisotopic (exact) mass is 361 g/mol. The molecule has 1 fully saturated rings. The van der Waals surface area contributed by atoms with E-state index in [4.69, 9.17) is 9.78 Å². The SMILES string of the molecule is COOCc1ccc2c(C3CCCCC3)c3n(c2c1)CCc1ccccc1-3. The Hall–Kier alpha value is -2.10. The largest absolute Gasteiger partial charge is 0.340 e. The summed E-state index contributed by atoms with van der Waals surface area (Å²) in [6.45, 7) is 1.55. The van der Waals surface area contributed by atoms with Crippen LogP contribution in [0.5, 0.6) is 0 Å². The molecule has 0 bridgehead atoms. The summed E-state index contributed by atoms with van der Waals surface area (Å²) in [4.78, 5) is 9.99. The molecule has 140 valence electrons. The molecule has 0 atom stereocenters. The first kappa shape index (κ1) is 17.0. The van der Waals surface area contributed by atoms with Gasteiger partial charge < -0.3 is 4.57 Å². The van der Waals surface area contributed by atoms with Crippen molar-refractivity contribution >= 4 is 10.9 Å². The third-order valence-electron chi connectivity index (χ3n) is 6.40. The number of aryl methyl sites for hydroxylation is 2. The average molecular weight is 361 g/mol. The fourth-order valence-electron chi connectivity index (χ4n) is 5.17. The van der Waals surface area contributed by atoms with Crippen LogP contribution in [0.15, 0.2) is 42.5 Å². The number of nitrogens with zero attached hydrogens (tertiary/aromatic N) is 1. The Labute approximate surface area is 160 Å². The van der Waals surface area contributed by atoms with E-state index in [1.54, 1.807) is 12.7 Å². The molecule has 27 heavy (non-hydrogen) atoms. The maximum absolute atomic E-state index is 5.18. The second-order valence-corrected chi connectivity index (χ2v) is 7.94. The average Bonchev–Trinajstić information content (AvgIpc) is 3.07. The zero-order chi connectivity index (χ0) is 18.2. The lowest BCUT2D eigenvalue weighted by Gasteiger charge is -2.26. The quantitative estimate of drug-likeness (QED) is 0.421. The van der Waals surface area contributed by atoms with Crippen LogP contribution in [0.3, 0.4) is 0 Å². The second-order valence-electron chi connectivity index (χ2n) is 7.94. The Morgan fingerprint density at radius 3 is 2.74 bits per heavy atom. The molecule has 2 aliphatic rings. The minimum absolute atomic E-state index is 0.488. The van der Waals surface area contributed by atoms with E-state index in [1.807, 2.05) is 0 Å². The molecule has 0 saturated heterocycles. The molecule has 2 heterocycles. The van der Waals surface area contributed by atoms with Crippen LogP contribution >= 0.6 is 0 Å². The van der Waals surface area contributed by atoms with Crippen LogP contribution in [-0.2, 0) is 29.3 Å². The summed E-state index contributed by atoms with van der Waals surface area (Å²) >= 11 is 0. The molecule has 0 spiro atoms. The first-order valence-electron chi connectivity index (χ1n) is 10.3. The Kier molecular flexibility index (Phi) is 4.50. The Morgan fingerprint density at radius 2 is 1.89 bits per heavy atom. The molecule has 3 nitrogen and oxygen atoms in total. The van der Waals surface area contributed by atoms with Crippen LogP contribution in [-0.4, -0.2) is 11.7 Å². The Bertz CT molecular complexity index is 966. The lowest BCUT2D eigenvalue weighted by molar-refractivity contribution is -0.282. The van der Waals surface area contributed by atoms with Crippen molar-refractivity contribution in [1.82, 2.24) is 4.57 Å². The summed E-state index contributed by atoms with van der Waals surface area (Å²) in [5.74, 6) is 0.685. The third kappa shape index (κ3) is 2.90. The summed E-state index contributed by atoms with van der Waals surface area (Å²) in [5, 5.41) is 1.44. The molecule has 0 amide bonds. The van der Waals surface area contributed by atoms with Crippen molar-refractivity contribution in [2.45, 2.75) is 57.6 Å². The summed E-state index contributed by atoms with van der Waals surface area (Å²) in [5.41, 5.74) is 8.53. The van der Waals surface area contributed by atoms with Gasteiger partial charge >= 0.3 is 0 Å². The molecule has 0 unspecified atom stereocenters. The third-order valence-corrected chi connectivity index (χ3v) is 6.40. The molecule has 1 aliphatic carbocycles. The van der Waals surface area contributed by atoms with E-state index < -0.39 is 0 Å². The van der Waals surface area contributed by atoms with Crippen molar-refractivity contribution < 1.29 is 9.78 Å². The topological polar surface area (TPSA) is 23.4 Å². The van der Waals surface area contributed by atoms with Crippen LogP contribution < -0.4 is 0 Å².